The minimum atomic E-state index is -0.353. The molecule has 0 bridgehead atoms. The molecule has 1 aromatic rings. The topological polar surface area (TPSA) is 58.4 Å². The fourth-order valence-electron chi connectivity index (χ4n) is 2.82. The highest BCUT2D eigenvalue weighted by molar-refractivity contribution is 9.10. The SMILES string of the molecule is O=[N+]([O-])c1ccc(N(CC2CCCN2)C2CC2)c(Br)c1. The number of halogens is 1. The summed E-state index contributed by atoms with van der Waals surface area (Å²) in [6.45, 7) is 2.09. The van der Waals surface area contributed by atoms with E-state index in [2.05, 4.69) is 26.1 Å². The van der Waals surface area contributed by atoms with E-state index in [1.165, 1.54) is 25.7 Å². The molecule has 1 aliphatic heterocycles. The minimum Gasteiger partial charge on any atom is -0.366 e. The van der Waals surface area contributed by atoms with E-state index in [1.54, 1.807) is 12.1 Å². The molecule has 1 aromatic carbocycles. The Morgan fingerprint density at radius 1 is 1.40 bits per heavy atom. The average Bonchev–Trinajstić information content (AvgIpc) is 3.14. The lowest BCUT2D eigenvalue weighted by atomic mass is 10.2. The van der Waals surface area contributed by atoms with E-state index >= 15 is 0 Å². The number of hydrogen-bond donors (Lipinski definition) is 1. The van der Waals surface area contributed by atoms with Crippen molar-refractivity contribution in [1.29, 1.82) is 0 Å². The number of benzene rings is 1. The van der Waals surface area contributed by atoms with E-state index in [-0.39, 0.29) is 10.6 Å². The first-order valence-corrected chi connectivity index (χ1v) is 7.88. The average molecular weight is 340 g/mol. The molecule has 6 heteroatoms. The third kappa shape index (κ3) is 2.96. The van der Waals surface area contributed by atoms with E-state index in [0.717, 1.165) is 23.2 Å². The Hall–Kier alpha value is -1.14. The van der Waals surface area contributed by atoms with Crippen LogP contribution in [0.3, 0.4) is 0 Å². The minimum absolute atomic E-state index is 0.135. The number of non-ortho nitro benzene ring substituents is 1. The van der Waals surface area contributed by atoms with Crippen LogP contribution in [0.15, 0.2) is 22.7 Å². The molecule has 1 aliphatic carbocycles. The zero-order chi connectivity index (χ0) is 14.1. The molecular weight excluding hydrogens is 322 g/mol. The van der Waals surface area contributed by atoms with Crippen LogP contribution in [0.25, 0.3) is 0 Å². The number of nitro benzene ring substituents is 1. The van der Waals surface area contributed by atoms with Crippen molar-refractivity contribution in [2.75, 3.05) is 18.0 Å². The van der Waals surface area contributed by atoms with E-state index in [9.17, 15) is 10.1 Å². The largest absolute Gasteiger partial charge is 0.366 e. The van der Waals surface area contributed by atoms with Gasteiger partial charge in [-0.2, -0.15) is 0 Å². The van der Waals surface area contributed by atoms with Crippen LogP contribution < -0.4 is 10.2 Å². The first kappa shape index (κ1) is 13.8. The van der Waals surface area contributed by atoms with Gasteiger partial charge < -0.3 is 10.2 Å². The molecule has 1 atom stereocenters. The van der Waals surface area contributed by atoms with Crippen molar-refractivity contribution < 1.29 is 4.92 Å². The Morgan fingerprint density at radius 3 is 2.75 bits per heavy atom. The lowest BCUT2D eigenvalue weighted by Crippen LogP contribution is -2.39. The maximum absolute atomic E-state index is 10.8. The standard InChI is InChI=1S/C14H18BrN3O2/c15-13-8-12(18(19)20)5-6-14(13)17(11-3-4-11)9-10-2-1-7-16-10/h5-6,8,10-11,16H,1-4,7,9H2. The lowest BCUT2D eigenvalue weighted by molar-refractivity contribution is -0.384. The van der Waals surface area contributed by atoms with Crippen LogP contribution >= 0.6 is 15.9 Å². The molecule has 0 aromatic heterocycles. The fraction of sp³-hybridized carbons (Fsp3) is 0.571. The van der Waals surface area contributed by atoms with Gasteiger partial charge in [0.1, 0.15) is 0 Å². The first-order chi connectivity index (χ1) is 9.65. The van der Waals surface area contributed by atoms with E-state index in [1.807, 2.05) is 6.07 Å². The summed E-state index contributed by atoms with van der Waals surface area (Å²) >= 11 is 3.50. The molecule has 1 saturated carbocycles. The Bertz CT molecular complexity index is 513. The second kappa shape index (κ2) is 5.69. The molecule has 1 N–H and O–H groups in total. The monoisotopic (exact) mass is 339 g/mol. The van der Waals surface area contributed by atoms with Gasteiger partial charge in [0, 0.05) is 35.2 Å². The van der Waals surface area contributed by atoms with Gasteiger partial charge in [-0.25, -0.2) is 0 Å². The molecule has 20 heavy (non-hydrogen) atoms. The van der Waals surface area contributed by atoms with Gasteiger partial charge in [0.05, 0.1) is 10.6 Å². The Balaban J connectivity index is 1.81. The predicted molar refractivity (Wildman–Crippen MR) is 82.2 cm³/mol. The van der Waals surface area contributed by atoms with Crippen LogP contribution in [-0.2, 0) is 0 Å². The van der Waals surface area contributed by atoms with Crippen molar-refractivity contribution in [2.45, 2.75) is 37.8 Å². The van der Waals surface area contributed by atoms with Crippen LogP contribution in [0, 0.1) is 10.1 Å². The summed E-state index contributed by atoms with van der Waals surface area (Å²) in [5.41, 5.74) is 1.21. The summed E-state index contributed by atoms with van der Waals surface area (Å²) in [6.07, 6.45) is 4.89. The summed E-state index contributed by atoms with van der Waals surface area (Å²) < 4.78 is 0.816. The summed E-state index contributed by atoms with van der Waals surface area (Å²) in [5.74, 6) is 0. The quantitative estimate of drug-likeness (QED) is 0.661. The van der Waals surface area contributed by atoms with Gasteiger partial charge >= 0.3 is 0 Å². The van der Waals surface area contributed by atoms with Crippen molar-refractivity contribution in [1.82, 2.24) is 5.32 Å². The number of anilines is 1. The third-order valence-corrected chi connectivity index (χ3v) is 4.65. The Kier molecular flexibility index (Phi) is 3.94. The van der Waals surface area contributed by atoms with Crippen molar-refractivity contribution in [3.05, 3.63) is 32.8 Å². The van der Waals surface area contributed by atoms with E-state index in [0.29, 0.717) is 12.1 Å². The highest BCUT2D eigenvalue weighted by Crippen LogP contribution is 2.37. The number of hydrogen-bond acceptors (Lipinski definition) is 4. The van der Waals surface area contributed by atoms with Gasteiger partial charge in [-0.3, -0.25) is 10.1 Å². The van der Waals surface area contributed by atoms with Crippen molar-refractivity contribution in [3.63, 3.8) is 0 Å². The van der Waals surface area contributed by atoms with E-state index < -0.39 is 0 Å². The number of nitrogens with zero attached hydrogens (tertiary/aromatic N) is 2. The normalized spacial score (nSPS) is 21.9. The molecule has 2 aliphatic rings. The molecule has 0 radical (unpaired) electrons. The molecular formula is C14H18BrN3O2. The molecule has 0 amide bonds. The molecule has 1 heterocycles. The van der Waals surface area contributed by atoms with Gasteiger partial charge in [0.2, 0.25) is 0 Å². The van der Waals surface area contributed by atoms with E-state index in [4.69, 9.17) is 0 Å². The number of nitrogens with one attached hydrogen (secondary N) is 1. The van der Waals surface area contributed by atoms with Crippen LogP contribution in [0.5, 0.6) is 0 Å². The number of rotatable bonds is 5. The molecule has 5 nitrogen and oxygen atoms in total. The molecule has 3 rings (SSSR count). The molecule has 108 valence electrons. The van der Waals surface area contributed by atoms with Crippen LogP contribution in [0.4, 0.5) is 11.4 Å². The fourth-order valence-corrected chi connectivity index (χ4v) is 3.42. The van der Waals surface area contributed by atoms with Gasteiger partial charge in [-0.05, 0) is 54.2 Å². The molecule has 0 spiro atoms. The first-order valence-electron chi connectivity index (χ1n) is 7.09. The molecule has 1 unspecified atom stereocenters. The Labute approximate surface area is 126 Å². The highest BCUT2D eigenvalue weighted by Gasteiger charge is 2.32. The summed E-state index contributed by atoms with van der Waals surface area (Å²) in [4.78, 5) is 12.9. The van der Waals surface area contributed by atoms with Crippen LogP contribution in [-0.4, -0.2) is 30.1 Å². The maximum atomic E-state index is 10.8. The van der Waals surface area contributed by atoms with Gasteiger partial charge in [-0.15, -0.1) is 0 Å². The highest BCUT2D eigenvalue weighted by atomic mass is 79.9. The Morgan fingerprint density at radius 2 is 2.20 bits per heavy atom. The summed E-state index contributed by atoms with van der Waals surface area (Å²) in [5, 5.41) is 14.3. The van der Waals surface area contributed by atoms with Gasteiger partial charge in [0.15, 0.2) is 0 Å². The second-order valence-electron chi connectivity index (χ2n) is 5.57. The molecule has 2 fully saturated rings. The second-order valence-corrected chi connectivity index (χ2v) is 6.42. The van der Waals surface area contributed by atoms with Crippen LogP contribution in [0.1, 0.15) is 25.7 Å². The summed E-state index contributed by atoms with van der Waals surface area (Å²) in [6, 6.07) is 6.20. The number of nitro groups is 1. The lowest BCUT2D eigenvalue weighted by Gasteiger charge is -2.28. The third-order valence-electron chi connectivity index (χ3n) is 4.02. The van der Waals surface area contributed by atoms with Crippen molar-refractivity contribution in [2.24, 2.45) is 0 Å². The summed E-state index contributed by atoms with van der Waals surface area (Å²) in [7, 11) is 0. The van der Waals surface area contributed by atoms with Crippen molar-refractivity contribution >= 4 is 27.3 Å². The zero-order valence-electron chi connectivity index (χ0n) is 11.2. The smallest absolute Gasteiger partial charge is 0.270 e. The zero-order valence-corrected chi connectivity index (χ0v) is 12.8. The van der Waals surface area contributed by atoms with Crippen molar-refractivity contribution in [3.8, 4) is 0 Å². The van der Waals surface area contributed by atoms with Gasteiger partial charge in [-0.1, -0.05) is 0 Å². The van der Waals surface area contributed by atoms with Crippen LogP contribution in [0.2, 0.25) is 0 Å². The predicted octanol–water partition coefficient (Wildman–Crippen LogP) is 3.08. The molecule has 1 saturated heterocycles. The van der Waals surface area contributed by atoms with Gasteiger partial charge in [0.25, 0.3) is 5.69 Å². The maximum Gasteiger partial charge on any atom is 0.270 e.